The van der Waals surface area contributed by atoms with E-state index in [0.29, 0.717) is 6.54 Å². The van der Waals surface area contributed by atoms with Crippen LogP contribution >= 0.6 is 0 Å². The van der Waals surface area contributed by atoms with Gasteiger partial charge in [0.2, 0.25) is 0 Å². The SMILES string of the molecule is CC(C#N)OC(=O)C(C)CNc1ccccc1. The van der Waals surface area contributed by atoms with Crippen LogP contribution in [0.3, 0.4) is 0 Å². The van der Waals surface area contributed by atoms with Gasteiger partial charge in [0.25, 0.3) is 0 Å². The van der Waals surface area contributed by atoms with Crippen LogP contribution < -0.4 is 5.32 Å². The summed E-state index contributed by atoms with van der Waals surface area (Å²) in [7, 11) is 0. The monoisotopic (exact) mass is 232 g/mol. The summed E-state index contributed by atoms with van der Waals surface area (Å²) in [6.07, 6.45) is -0.693. The van der Waals surface area contributed by atoms with Crippen molar-refractivity contribution in [1.29, 1.82) is 5.26 Å². The predicted octanol–water partition coefficient (Wildman–Crippen LogP) is 2.19. The fourth-order valence-corrected chi connectivity index (χ4v) is 1.23. The van der Waals surface area contributed by atoms with Gasteiger partial charge < -0.3 is 10.1 Å². The van der Waals surface area contributed by atoms with Crippen LogP contribution in [0.5, 0.6) is 0 Å². The molecule has 2 unspecified atom stereocenters. The van der Waals surface area contributed by atoms with Crippen LogP contribution in [0.2, 0.25) is 0 Å². The van der Waals surface area contributed by atoms with Gasteiger partial charge in [-0.05, 0) is 19.1 Å². The molecule has 0 aromatic heterocycles. The Kier molecular flexibility index (Phi) is 5.02. The number of nitrogens with one attached hydrogen (secondary N) is 1. The molecular formula is C13H16N2O2. The molecule has 1 aromatic rings. The molecule has 0 aliphatic rings. The Hall–Kier alpha value is -2.02. The maximum absolute atomic E-state index is 11.5. The predicted molar refractivity (Wildman–Crippen MR) is 65.3 cm³/mol. The van der Waals surface area contributed by atoms with Gasteiger partial charge in [0.05, 0.1) is 5.92 Å². The minimum atomic E-state index is -0.693. The van der Waals surface area contributed by atoms with Crippen LogP contribution in [-0.2, 0) is 9.53 Å². The fourth-order valence-electron chi connectivity index (χ4n) is 1.23. The van der Waals surface area contributed by atoms with E-state index in [-0.39, 0.29) is 11.9 Å². The Morgan fingerprint density at radius 1 is 1.41 bits per heavy atom. The molecule has 1 rings (SSSR count). The van der Waals surface area contributed by atoms with Gasteiger partial charge >= 0.3 is 5.97 Å². The van der Waals surface area contributed by atoms with Gasteiger partial charge in [-0.15, -0.1) is 0 Å². The lowest BCUT2D eigenvalue weighted by atomic mass is 10.2. The van der Waals surface area contributed by atoms with E-state index >= 15 is 0 Å². The molecule has 0 amide bonds. The van der Waals surface area contributed by atoms with Crippen molar-refractivity contribution in [3.05, 3.63) is 30.3 Å². The molecule has 2 atom stereocenters. The quantitative estimate of drug-likeness (QED) is 0.790. The number of rotatable bonds is 5. The van der Waals surface area contributed by atoms with Crippen LogP contribution in [0.25, 0.3) is 0 Å². The molecule has 0 saturated carbocycles. The van der Waals surface area contributed by atoms with Crippen molar-refractivity contribution in [3.8, 4) is 6.07 Å². The molecule has 1 N–H and O–H groups in total. The lowest BCUT2D eigenvalue weighted by molar-refractivity contribution is -0.149. The lowest BCUT2D eigenvalue weighted by Gasteiger charge is -2.14. The lowest BCUT2D eigenvalue weighted by Crippen LogP contribution is -2.25. The van der Waals surface area contributed by atoms with Gasteiger partial charge in [0.1, 0.15) is 6.07 Å². The molecule has 0 bridgehead atoms. The summed E-state index contributed by atoms with van der Waals surface area (Å²) >= 11 is 0. The fraction of sp³-hybridized carbons (Fsp3) is 0.385. The van der Waals surface area contributed by atoms with E-state index in [0.717, 1.165) is 5.69 Å². The van der Waals surface area contributed by atoms with Gasteiger partial charge in [-0.3, -0.25) is 4.79 Å². The number of ether oxygens (including phenoxy) is 1. The highest BCUT2D eigenvalue weighted by Gasteiger charge is 2.16. The molecule has 0 spiro atoms. The van der Waals surface area contributed by atoms with Gasteiger partial charge in [0.15, 0.2) is 6.10 Å². The number of esters is 1. The van der Waals surface area contributed by atoms with Gasteiger partial charge in [0, 0.05) is 12.2 Å². The summed E-state index contributed by atoms with van der Waals surface area (Å²) in [6.45, 7) is 3.80. The number of carbonyl (C=O) groups is 1. The Bertz CT molecular complexity index is 398. The largest absolute Gasteiger partial charge is 0.447 e. The third-order valence-corrected chi connectivity index (χ3v) is 2.26. The van der Waals surface area contributed by atoms with Crippen molar-refractivity contribution in [3.63, 3.8) is 0 Å². The van der Waals surface area contributed by atoms with E-state index in [1.807, 2.05) is 36.4 Å². The van der Waals surface area contributed by atoms with Crippen LogP contribution in [-0.4, -0.2) is 18.6 Å². The highest BCUT2D eigenvalue weighted by Crippen LogP contribution is 2.08. The topological polar surface area (TPSA) is 62.1 Å². The smallest absolute Gasteiger partial charge is 0.311 e. The number of para-hydroxylation sites is 1. The number of nitriles is 1. The normalized spacial score (nSPS) is 13.2. The molecule has 0 aliphatic heterocycles. The van der Waals surface area contributed by atoms with Gasteiger partial charge in [-0.2, -0.15) is 5.26 Å². The van der Waals surface area contributed by atoms with Crippen molar-refractivity contribution in [2.45, 2.75) is 20.0 Å². The van der Waals surface area contributed by atoms with Crippen LogP contribution in [0, 0.1) is 17.2 Å². The van der Waals surface area contributed by atoms with E-state index in [9.17, 15) is 4.79 Å². The highest BCUT2D eigenvalue weighted by atomic mass is 16.5. The third-order valence-electron chi connectivity index (χ3n) is 2.26. The standard InChI is InChI=1S/C13H16N2O2/c1-10(13(16)17-11(2)8-14)9-15-12-6-4-3-5-7-12/h3-7,10-11,15H,9H2,1-2H3. The van der Waals surface area contributed by atoms with E-state index < -0.39 is 6.10 Å². The summed E-state index contributed by atoms with van der Waals surface area (Å²) < 4.78 is 4.91. The number of carbonyl (C=O) groups excluding carboxylic acids is 1. The summed E-state index contributed by atoms with van der Waals surface area (Å²) in [5, 5.41) is 11.7. The van der Waals surface area contributed by atoms with Gasteiger partial charge in [-0.1, -0.05) is 25.1 Å². The zero-order valence-corrected chi connectivity index (χ0v) is 10.0. The Balaban J connectivity index is 2.37. The Morgan fingerprint density at radius 3 is 2.65 bits per heavy atom. The average molecular weight is 232 g/mol. The number of hydrogen-bond acceptors (Lipinski definition) is 4. The second-order valence-electron chi connectivity index (χ2n) is 3.86. The first-order valence-corrected chi connectivity index (χ1v) is 5.52. The third kappa shape index (κ3) is 4.56. The average Bonchev–Trinajstić information content (AvgIpc) is 2.36. The van der Waals surface area contributed by atoms with Gasteiger partial charge in [-0.25, -0.2) is 0 Å². The highest BCUT2D eigenvalue weighted by molar-refractivity contribution is 5.73. The van der Waals surface area contributed by atoms with Crippen LogP contribution in [0.4, 0.5) is 5.69 Å². The number of nitrogens with zero attached hydrogens (tertiary/aromatic N) is 1. The molecule has 0 heterocycles. The van der Waals surface area contributed by atoms with E-state index in [1.165, 1.54) is 0 Å². The van der Waals surface area contributed by atoms with Crippen molar-refractivity contribution >= 4 is 11.7 Å². The minimum Gasteiger partial charge on any atom is -0.447 e. The summed E-state index contributed by atoms with van der Waals surface area (Å²) in [5.74, 6) is -0.645. The first-order chi connectivity index (χ1) is 8.13. The summed E-state index contributed by atoms with van der Waals surface area (Å²) in [6, 6.07) is 11.5. The molecule has 0 fully saturated rings. The van der Waals surface area contributed by atoms with Crippen LogP contribution in [0.1, 0.15) is 13.8 Å². The van der Waals surface area contributed by atoms with E-state index in [2.05, 4.69) is 5.32 Å². The molecule has 17 heavy (non-hydrogen) atoms. The number of hydrogen-bond donors (Lipinski definition) is 1. The molecule has 1 aromatic carbocycles. The summed E-state index contributed by atoms with van der Waals surface area (Å²) in [5.41, 5.74) is 0.959. The van der Waals surface area contributed by atoms with Crippen LogP contribution in [0.15, 0.2) is 30.3 Å². The first kappa shape index (κ1) is 13.0. The zero-order valence-electron chi connectivity index (χ0n) is 10.0. The zero-order chi connectivity index (χ0) is 12.7. The van der Waals surface area contributed by atoms with Crippen molar-refractivity contribution in [2.75, 3.05) is 11.9 Å². The maximum atomic E-state index is 11.5. The van der Waals surface area contributed by atoms with E-state index in [1.54, 1.807) is 13.8 Å². The minimum absolute atomic E-state index is 0.286. The van der Waals surface area contributed by atoms with Crippen molar-refractivity contribution < 1.29 is 9.53 Å². The Labute approximate surface area is 101 Å². The number of anilines is 1. The van der Waals surface area contributed by atoms with E-state index in [4.69, 9.17) is 10.00 Å². The van der Waals surface area contributed by atoms with Crippen molar-refractivity contribution in [2.24, 2.45) is 5.92 Å². The molecule has 4 nitrogen and oxygen atoms in total. The van der Waals surface area contributed by atoms with Crippen molar-refractivity contribution in [1.82, 2.24) is 0 Å². The molecule has 90 valence electrons. The number of benzene rings is 1. The molecule has 0 aliphatic carbocycles. The summed E-state index contributed by atoms with van der Waals surface area (Å²) in [4.78, 5) is 11.5. The Morgan fingerprint density at radius 2 is 2.06 bits per heavy atom. The second kappa shape index (κ2) is 6.54. The first-order valence-electron chi connectivity index (χ1n) is 5.52. The second-order valence-corrected chi connectivity index (χ2v) is 3.86. The molecule has 0 radical (unpaired) electrons. The maximum Gasteiger partial charge on any atom is 0.311 e. The molecule has 4 heteroatoms. The molecular weight excluding hydrogens is 216 g/mol. The molecule has 0 saturated heterocycles.